The van der Waals surface area contributed by atoms with Gasteiger partial charge in [-0.3, -0.25) is 0 Å². The molecule has 0 aliphatic carbocycles. The van der Waals surface area contributed by atoms with Crippen LogP contribution in [0.3, 0.4) is 0 Å². The number of rotatable bonds is 2. The van der Waals surface area contributed by atoms with Gasteiger partial charge in [0.1, 0.15) is 0 Å². The van der Waals surface area contributed by atoms with E-state index in [0.29, 0.717) is 0 Å². The maximum atomic E-state index is 5.02. The van der Waals surface area contributed by atoms with Crippen molar-refractivity contribution in [2.75, 3.05) is 9.80 Å². The average molecular weight is 581 g/mol. The van der Waals surface area contributed by atoms with E-state index in [-0.39, 0.29) is 12.1 Å². The van der Waals surface area contributed by atoms with Crippen molar-refractivity contribution >= 4 is 79.3 Å². The fourth-order valence-corrected chi connectivity index (χ4v) is 7.02. The van der Waals surface area contributed by atoms with E-state index in [1.807, 2.05) is 24.3 Å². The summed E-state index contributed by atoms with van der Waals surface area (Å²) >= 11 is 0. The molecule has 2 aliphatic heterocycles. The standard InChI is InChI=1S/C38H29BN6/c1-38(2,3)24-22-31-33-32(23-24)45(26-16-8-5-9-17-26)35-28-19-11-13-21-30(28)41-43-37(35)39(33)36-34(44(31)25-14-6-4-7-15-25)27-18-10-12-20-29(27)40-42-36/h4-23H,1-3H3. The van der Waals surface area contributed by atoms with Crippen molar-refractivity contribution in [3.63, 3.8) is 0 Å². The van der Waals surface area contributed by atoms with E-state index in [0.717, 1.165) is 72.6 Å². The van der Waals surface area contributed by atoms with E-state index in [2.05, 4.69) is 128 Å². The number of hydrogen-bond acceptors (Lipinski definition) is 6. The van der Waals surface area contributed by atoms with E-state index < -0.39 is 0 Å². The van der Waals surface area contributed by atoms with Crippen LogP contribution in [0.15, 0.2) is 121 Å². The lowest BCUT2D eigenvalue weighted by Crippen LogP contribution is -2.63. The van der Waals surface area contributed by atoms with Crippen LogP contribution < -0.4 is 26.4 Å². The summed E-state index contributed by atoms with van der Waals surface area (Å²) in [6, 6.07) is 42.6. The van der Waals surface area contributed by atoms with Crippen molar-refractivity contribution in [1.29, 1.82) is 0 Å². The molecule has 45 heavy (non-hydrogen) atoms. The Balaban J connectivity index is 1.49. The van der Waals surface area contributed by atoms with Gasteiger partial charge in [-0.05, 0) is 65.0 Å². The highest BCUT2D eigenvalue weighted by Gasteiger charge is 2.47. The van der Waals surface area contributed by atoms with Crippen LogP contribution >= 0.6 is 0 Å². The minimum absolute atomic E-state index is 0.108. The zero-order valence-electron chi connectivity index (χ0n) is 25.3. The molecule has 0 bridgehead atoms. The first-order valence-corrected chi connectivity index (χ1v) is 15.4. The summed E-state index contributed by atoms with van der Waals surface area (Å²) in [7, 11) is 0. The first-order chi connectivity index (χ1) is 22.0. The molecule has 0 fully saturated rings. The van der Waals surface area contributed by atoms with Crippen LogP contribution in [0.25, 0.3) is 21.8 Å². The highest BCUT2D eigenvalue weighted by Crippen LogP contribution is 2.47. The molecular formula is C38H29BN6. The van der Waals surface area contributed by atoms with Crippen LogP contribution in [0.1, 0.15) is 26.3 Å². The Labute approximate surface area is 262 Å². The maximum absolute atomic E-state index is 5.02. The number of anilines is 6. The Morgan fingerprint density at radius 1 is 0.511 bits per heavy atom. The van der Waals surface area contributed by atoms with E-state index in [1.54, 1.807) is 0 Å². The summed E-state index contributed by atoms with van der Waals surface area (Å²) < 4.78 is 0. The molecule has 5 aromatic carbocycles. The second-order valence-electron chi connectivity index (χ2n) is 12.9. The van der Waals surface area contributed by atoms with Gasteiger partial charge in [-0.1, -0.05) is 93.6 Å². The van der Waals surface area contributed by atoms with Crippen LogP contribution in [-0.4, -0.2) is 27.1 Å². The van der Waals surface area contributed by atoms with Crippen molar-refractivity contribution < 1.29 is 0 Å². The molecule has 7 aromatic rings. The molecule has 0 N–H and O–H groups in total. The van der Waals surface area contributed by atoms with Crippen LogP contribution in [0.2, 0.25) is 0 Å². The number of para-hydroxylation sites is 2. The monoisotopic (exact) mass is 580 g/mol. The molecule has 6 nitrogen and oxygen atoms in total. The van der Waals surface area contributed by atoms with E-state index in [9.17, 15) is 0 Å². The van der Waals surface area contributed by atoms with Gasteiger partial charge in [0.2, 0.25) is 0 Å². The third kappa shape index (κ3) is 3.77. The van der Waals surface area contributed by atoms with Gasteiger partial charge >= 0.3 is 6.71 Å². The van der Waals surface area contributed by atoms with Crippen molar-refractivity contribution in [3.8, 4) is 0 Å². The van der Waals surface area contributed by atoms with Gasteiger partial charge in [-0.2, -0.15) is 20.4 Å². The van der Waals surface area contributed by atoms with Gasteiger partial charge in [-0.25, -0.2) is 0 Å². The van der Waals surface area contributed by atoms with E-state index in [4.69, 9.17) is 20.4 Å². The zero-order valence-corrected chi connectivity index (χ0v) is 25.3. The number of nitrogens with zero attached hydrogens (tertiary/aromatic N) is 6. The molecule has 0 amide bonds. The molecule has 0 atom stereocenters. The number of hydrogen-bond donors (Lipinski definition) is 0. The summed E-state index contributed by atoms with van der Waals surface area (Å²) in [6.07, 6.45) is 0. The Hall–Kier alpha value is -5.56. The molecule has 4 heterocycles. The first-order valence-electron chi connectivity index (χ1n) is 15.4. The average Bonchev–Trinajstić information content (AvgIpc) is 3.08. The van der Waals surface area contributed by atoms with Gasteiger partial charge in [0, 0.05) is 33.5 Å². The Kier molecular flexibility index (Phi) is 5.45. The lowest BCUT2D eigenvalue weighted by Gasteiger charge is -2.44. The topological polar surface area (TPSA) is 58.0 Å². The van der Waals surface area contributed by atoms with Gasteiger partial charge in [0.05, 0.1) is 33.6 Å². The molecule has 0 spiro atoms. The summed E-state index contributed by atoms with van der Waals surface area (Å²) in [5.74, 6) is 0. The van der Waals surface area contributed by atoms with Crippen LogP contribution in [0.4, 0.5) is 34.1 Å². The first kappa shape index (κ1) is 25.9. The molecule has 7 heteroatoms. The van der Waals surface area contributed by atoms with Crippen molar-refractivity contribution in [1.82, 2.24) is 20.4 Å². The Bertz CT molecular complexity index is 2130. The minimum Gasteiger partial charge on any atom is -0.309 e. The quantitative estimate of drug-likeness (QED) is 0.206. The predicted molar refractivity (Wildman–Crippen MR) is 185 cm³/mol. The molecule has 0 radical (unpaired) electrons. The fraction of sp³-hybridized carbons (Fsp3) is 0.105. The largest absolute Gasteiger partial charge is 0.309 e. The lowest BCUT2D eigenvalue weighted by atomic mass is 9.36. The van der Waals surface area contributed by atoms with Gasteiger partial charge < -0.3 is 9.80 Å². The van der Waals surface area contributed by atoms with Gasteiger partial charge in [0.25, 0.3) is 0 Å². The second-order valence-corrected chi connectivity index (χ2v) is 12.9. The molecule has 9 rings (SSSR count). The zero-order chi connectivity index (χ0) is 30.3. The number of aromatic nitrogens is 4. The number of benzene rings is 5. The van der Waals surface area contributed by atoms with Crippen LogP contribution in [0, 0.1) is 0 Å². The third-order valence-electron chi connectivity index (χ3n) is 9.13. The lowest BCUT2D eigenvalue weighted by molar-refractivity contribution is 0.590. The molecule has 0 unspecified atom stereocenters. The predicted octanol–water partition coefficient (Wildman–Crippen LogP) is 6.95. The normalized spacial score (nSPS) is 13.5. The summed E-state index contributed by atoms with van der Waals surface area (Å²) in [4.78, 5) is 4.78. The molecule has 214 valence electrons. The van der Waals surface area contributed by atoms with Gasteiger partial charge in [-0.15, -0.1) is 0 Å². The maximum Gasteiger partial charge on any atom is 0.303 e. The van der Waals surface area contributed by atoms with Crippen molar-refractivity contribution in [2.45, 2.75) is 26.2 Å². The van der Waals surface area contributed by atoms with Gasteiger partial charge in [0.15, 0.2) is 0 Å². The summed E-state index contributed by atoms with van der Waals surface area (Å²) in [6.45, 7) is 6.60. The fourth-order valence-electron chi connectivity index (χ4n) is 7.02. The molecule has 0 saturated carbocycles. The Morgan fingerprint density at radius 3 is 1.38 bits per heavy atom. The third-order valence-corrected chi connectivity index (χ3v) is 9.13. The highest BCUT2D eigenvalue weighted by molar-refractivity contribution is 6.99. The SMILES string of the molecule is CC(C)(C)c1cc2c3c(c1)N(c1ccccc1)c1c(nnc4ccccc14)B3c1nnc3ccccc3c1N2c1ccccc1. The molecule has 0 saturated heterocycles. The summed E-state index contributed by atoms with van der Waals surface area (Å²) in [5, 5.41) is 21.7. The highest BCUT2D eigenvalue weighted by atomic mass is 15.2. The minimum atomic E-state index is -0.261. The molecular weight excluding hydrogens is 551 g/mol. The van der Waals surface area contributed by atoms with Crippen LogP contribution in [-0.2, 0) is 5.41 Å². The smallest absolute Gasteiger partial charge is 0.303 e. The van der Waals surface area contributed by atoms with Crippen molar-refractivity contribution in [2.24, 2.45) is 0 Å². The van der Waals surface area contributed by atoms with Crippen LogP contribution in [0.5, 0.6) is 0 Å². The molecule has 2 aromatic heterocycles. The molecule has 2 aliphatic rings. The van der Waals surface area contributed by atoms with E-state index >= 15 is 0 Å². The Morgan fingerprint density at radius 2 is 0.933 bits per heavy atom. The van der Waals surface area contributed by atoms with E-state index in [1.165, 1.54) is 5.56 Å². The van der Waals surface area contributed by atoms with Crippen molar-refractivity contribution in [3.05, 3.63) is 127 Å². The summed E-state index contributed by atoms with van der Waals surface area (Å²) in [5.41, 5.74) is 12.3. The second kappa shape index (κ2) is 9.47. The number of fused-ring (bicyclic) bond motifs is 8.